The molecule has 0 radical (unpaired) electrons. The van der Waals surface area contributed by atoms with Gasteiger partial charge in [-0.15, -0.1) is 5.10 Å². The molecule has 3 rings (SSSR count). The van der Waals surface area contributed by atoms with Gasteiger partial charge in [0, 0.05) is 30.6 Å². The Kier molecular flexibility index (Phi) is 3.10. The number of hydrogen-bond donors (Lipinski definition) is 1. The van der Waals surface area contributed by atoms with Gasteiger partial charge >= 0.3 is 0 Å². The van der Waals surface area contributed by atoms with Crippen LogP contribution in [0.3, 0.4) is 0 Å². The average molecular weight is 253 g/mol. The van der Waals surface area contributed by atoms with Crippen LogP contribution in [-0.4, -0.2) is 26.5 Å². The SMILES string of the molecule is Cn1cc(CCNc2nncc3ccccc23)cn1. The molecule has 0 aliphatic heterocycles. The summed E-state index contributed by atoms with van der Waals surface area (Å²) in [5.41, 5.74) is 1.21. The highest BCUT2D eigenvalue weighted by Gasteiger charge is 2.02. The summed E-state index contributed by atoms with van der Waals surface area (Å²) in [7, 11) is 1.92. The second-order valence-corrected chi connectivity index (χ2v) is 4.48. The van der Waals surface area contributed by atoms with E-state index in [0.717, 1.165) is 29.6 Å². The number of fused-ring (bicyclic) bond motifs is 1. The highest BCUT2D eigenvalue weighted by atomic mass is 15.2. The van der Waals surface area contributed by atoms with Crippen LogP contribution in [0.4, 0.5) is 5.82 Å². The Labute approximate surface area is 111 Å². The van der Waals surface area contributed by atoms with E-state index in [-0.39, 0.29) is 0 Å². The van der Waals surface area contributed by atoms with Crippen LogP contribution < -0.4 is 5.32 Å². The van der Waals surface area contributed by atoms with Gasteiger partial charge < -0.3 is 5.32 Å². The summed E-state index contributed by atoms with van der Waals surface area (Å²) >= 11 is 0. The van der Waals surface area contributed by atoms with Crippen molar-refractivity contribution in [2.75, 3.05) is 11.9 Å². The van der Waals surface area contributed by atoms with Crippen molar-refractivity contribution in [1.82, 2.24) is 20.0 Å². The molecule has 5 nitrogen and oxygen atoms in total. The van der Waals surface area contributed by atoms with E-state index in [1.807, 2.05) is 42.3 Å². The van der Waals surface area contributed by atoms with Gasteiger partial charge in [0.05, 0.1) is 12.4 Å². The second kappa shape index (κ2) is 5.06. The van der Waals surface area contributed by atoms with Crippen molar-refractivity contribution in [3.8, 4) is 0 Å². The van der Waals surface area contributed by atoms with Crippen LogP contribution in [-0.2, 0) is 13.5 Å². The van der Waals surface area contributed by atoms with Gasteiger partial charge in [0.1, 0.15) is 0 Å². The molecule has 3 aromatic rings. The fourth-order valence-corrected chi connectivity index (χ4v) is 2.08. The predicted molar refractivity (Wildman–Crippen MR) is 74.9 cm³/mol. The fraction of sp³-hybridized carbons (Fsp3) is 0.214. The van der Waals surface area contributed by atoms with Gasteiger partial charge in [0.2, 0.25) is 0 Å². The molecular weight excluding hydrogens is 238 g/mol. The lowest BCUT2D eigenvalue weighted by atomic mass is 10.2. The van der Waals surface area contributed by atoms with Gasteiger partial charge in [0.15, 0.2) is 5.82 Å². The first-order valence-corrected chi connectivity index (χ1v) is 6.25. The largest absolute Gasteiger partial charge is 0.368 e. The molecule has 2 aromatic heterocycles. The van der Waals surface area contributed by atoms with Gasteiger partial charge in [-0.1, -0.05) is 24.3 Å². The lowest BCUT2D eigenvalue weighted by molar-refractivity contribution is 0.767. The van der Waals surface area contributed by atoms with Gasteiger partial charge in [-0.25, -0.2) is 0 Å². The van der Waals surface area contributed by atoms with E-state index in [1.54, 1.807) is 6.20 Å². The Hall–Kier alpha value is -2.43. The van der Waals surface area contributed by atoms with Crippen molar-refractivity contribution >= 4 is 16.6 Å². The van der Waals surface area contributed by atoms with Crippen LogP contribution in [0.25, 0.3) is 10.8 Å². The third-order valence-electron chi connectivity index (χ3n) is 3.03. The molecule has 0 aliphatic rings. The summed E-state index contributed by atoms with van der Waals surface area (Å²) in [6.07, 6.45) is 6.60. The highest BCUT2D eigenvalue weighted by Crippen LogP contribution is 2.18. The van der Waals surface area contributed by atoms with Gasteiger partial charge in [-0.05, 0) is 12.0 Å². The molecule has 0 atom stereocenters. The van der Waals surface area contributed by atoms with E-state index in [1.165, 1.54) is 5.56 Å². The van der Waals surface area contributed by atoms with E-state index >= 15 is 0 Å². The highest BCUT2D eigenvalue weighted by molar-refractivity contribution is 5.90. The van der Waals surface area contributed by atoms with Crippen molar-refractivity contribution in [3.63, 3.8) is 0 Å². The maximum atomic E-state index is 4.16. The average Bonchev–Trinajstić information content (AvgIpc) is 2.85. The number of nitrogens with one attached hydrogen (secondary N) is 1. The minimum absolute atomic E-state index is 0.814. The fourth-order valence-electron chi connectivity index (χ4n) is 2.08. The van der Waals surface area contributed by atoms with Crippen molar-refractivity contribution in [2.24, 2.45) is 7.05 Å². The summed E-state index contributed by atoms with van der Waals surface area (Å²) in [4.78, 5) is 0. The predicted octanol–water partition coefficient (Wildman–Crippen LogP) is 2.02. The van der Waals surface area contributed by atoms with Gasteiger partial charge in [-0.2, -0.15) is 10.2 Å². The monoisotopic (exact) mass is 253 g/mol. The Bertz CT molecular complexity index is 684. The Morgan fingerprint density at radius 1 is 1.21 bits per heavy atom. The molecule has 1 aromatic carbocycles. The van der Waals surface area contributed by atoms with Crippen molar-refractivity contribution in [1.29, 1.82) is 0 Å². The second-order valence-electron chi connectivity index (χ2n) is 4.48. The van der Waals surface area contributed by atoms with Crippen LogP contribution in [0.15, 0.2) is 42.9 Å². The number of nitrogens with zero attached hydrogens (tertiary/aromatic N) is 4. The molecule has 0 unspecified atom stereocenters. The summed E-state index contributed by atoms with van der Waals surface area (Å²) in [6.45, 7) is 0.814. The maximum Gasteiger partial charge on any atom is 0.156 e. The molecule has 0 bridgehead atoms. The van der Waals surface area contributed by atoms with Gasteiger partial charge in [-0.3, -0.25) is 4.68 Å². The first-order valence-electron chi connectivity index (χ1n) is 6.25. The van der Waals surface area contributed by atoms with Crippen molar-refractivity contribution in [2.45, 2.75) is 6.42 Å². The zero-order valence-corrected chi connectivity index (χ0v) is 10.7. The molecule has 1 N–H and O–H groups in total. The van der Waals surface area contributed by atoms with Crippen LogP contribution in [0, 0.1) is 0 Å². The lowest BCUT2D eigenvalue weighted by Gasteiger charge is -2.06. The minimum Gasteiger partial charge on any atom is -0.368 e. The number of anilines is 1. The molecule has 0 aliphatic carbocycles. The first kappa shape index (κ1) is 11.6. The maximum absolute atomic E-state index is 4.16. The quantitative estimate of drug-likeness (QED) is 0.773. The van der Waals surface area contributed by atoms with E-state index in [4.69, 9.17) is 0 Å². The van der Waals surface area contributed by atoms with Gasteiger partial charge in [0.25, 0.3) is 0 Å². The lowest BCUT2D eigenvalue weighted by Crippen LogP contribution is -2.07. The smallest absolute Gasteiger partial charge is 0.156 e. The number of aromatic nitrogens is 4. The number of benzene rings is 1. The number of rotatable bonds is 4. The summed E-state index contributed by atoms with van der Waals surface area (Å²) in [5.74, 6) is 0.835. The number of hydrogen-bond acceptors (Lipinski definition) is 4. The van der Waals surface area contributed by atoms with Crippen LogP contribution in [0.5, 0.6) is 0 Å². The number of aryl methyl sites for hydroxylation is 1. The summed E-state index contributed by atoms with van der Waals surface area (Å²) < 4.78 is 1.81. The van der Waals surface area contributed by atoms with E-state index in [9.17, 15) is 0 Å². The topological polar surface area (TPSA) is 55.6 Å². The molecule has 19 heavy (non-hydrogen) atoms. The molecule has 0 amide bonds. The third kappa shape index (κ3) is 2.54. The molecular formula is C14H15N5. The van der Waals surface area contributed by atoms with Crippen LogP contribution in [0.2, 0.25) is 0 Å². The molecule has 0 spiro atoms. The molecule has 0 fully saturated rings. The third-order valence-corrected chi connectivity index (χ3v) is 3.03. The Balaban J connectivity index is 1.71. The summed E-state index contributed by atoms with van der Waals surface area (Å²) in [5, 5.41) is 17.9. The van der Waals surface area contributed by atoms with E-state index in [0.29, 0.717) is 0 Å². The standard InChI is InChI=1S/C14H15N5/c1-19-10-11(8-17-19)6-7-15-14-13-5-3-2-4-12(13)9-16-18-14/h2-5,8-10H,6-7H2,1H3,(H,15,18). The van der Waals surface area contributed by atoms with Crippen molar-refractivity contribution in [3.05, 3.63) is 48.4 Å². The molecule has 0 saturated heterocycles. The molecule has 5 heteroatoms. The normalized spacial score (nSPS) is 10.8. The van der Waals surface area contributed by atoms with Crippen molar-refractivity contribution < 1.29 is 0 Å². The zero-order valence-electron chi connectivity index (χ0n) is 10.7. The Morgan fingerprint density at radius 3 is 2.95 bits per heavy atom. The molecule has 96 valence electrons. The minimum atomic E-state index is 0.814. The molecule has 0 saturated carbocycles. The zero-order chi connectivity index (χ0) is 13.1. The first-order chi connectivity index (χ1) is 9.33. The Morgan fingerprint density at radius 2 is 2.11 bits per heavy atom. The summed E-state index contributed by atoms with van der Waals surface area (Å²) in [6, 6.07) is 8.10. The van der Waals surface area contributed by atoms with E-state index < -0.39 is 0 Å². The van der Waals surface area contributed by atoms with E-state index in [2.05, 4.69) is 26.7 Å². The van der Waals surface area contributed by atoms with Crippen LogP contribution in [0.1, 0.15) is 5.56 Å². The molecule has 2 heterocycles. The van der Waals surface area contributed by atoms with Crippen LogP contribution >= 0.6 is 0 Å².